The Morgan fingerprint density at radius 1 is 1.00 bits per heavy atom. The van der Waals surface area contributed by atoms with Crippen molar-refractivity contribution in [3.63, 3.8) is 0 Å². The van der Waals surface area contributed by atoms with Gasteiger partial charge in [0.15, 0.2) is 0 Å². The van der Waals surface area contributed by atoms with E-state index in [0.717, 1.165) is 0 Å². The van der Waals surface area contributed by atoms with Crippen molar-refractivity contribution in [2.75, 3.05) is 18.8 Å². The van der Waals surface area contributed by atoms with Crippen molar-refractivity contribution in [3.05, 3.63) is 30.3 Å². The topological polar surface area (TPSA) is 3.24 Å². The monoisotopic (exact) mass is 327 g/mol. The van der Waals surface area contributed by atoms with Crippen LogP contribution in [0.1, 0.15) is 40.0 Å². The van der Waals surface area contributed by atoms with E-state index in [4.69, 9.17) is 0 Å². The first-order chi connectivity index (χ1) is 8.83. The molecule has 0 aromatic heterocycles. The van der Waals surface area contributed by atoms with Crippen molar-refractivity contribution in [1.82, 2.24) is 3.82 Å². The van der Waals surface area contributed by atoms with Gasteiger partial charge in [-0.15, -0.1) is 0 Å². The second-order valence-corrected chi connectivity index (χ2v) is 11.8. The Morgan fingerprint density at radius 3 is 2.22 bits per heavy atom. The minimum absolute atomic E-state index is 1.08. The Bertz CT molecular complexity index is 301. The van der Waals surface area contributed by atoms with E-state index < -0.39 is 13.7 Å². The van der Waals surface area contributed by atoms with Crippen molar-refractivity contribution < 1.29 is 0 Å². The Hall–Kier alpha value is 0.0884. The van der Waals surface area contributed by atoms with Crippen LogP contribution in [0, 0.1) is 0 Å². The molecule has 1 unspecified atom stereocenters. The molecule has 0 aliphatic carbocycles. The van der Waals surface area contributed by atoms with Gasteiger partial charge in [-0.3, -0.25) is 0 Å². The fourth-order valence-corrected chi connectivity index (χ4v) is 11.0. The van der Waals surface area contributed by atoms with Crippen molar-refractivity contribution in [3.8, 4) is 0 Å². The van der Waals surface area contributed by atoms with Crippen LogP contribution in [0.4, 0.5) is 0 Å². The van der Waals surface area contributed by atoms with Gasteiger partial charge in [0.2, 0.25) is 0 Å². The summed E-state index contributed by atoms with van der Waals surface area (Å²) in [5, 5.41) is 0. The van der Waals surface area contributed by atoms with E-state index in [1.165, 1.54) is 38.1 Å². The average molecular weight is 327 g/mol. The molecule has 0 saturated heterocycles. The molecule has 0 N–H and O–H groups in total. The molecule has 0 radical (unpaired) electrons. The van der Waals surface area contributed by atoms with Crippen LogP contribution in [0.3, 0.4) is 0 Å². The van der Waals surface area contributed by atoms with Gasteiger partial charge in [0.05, 0.1) is 0 Å². The number of hydrogen-bond acceptors (Lipinski definition) is 2. The number of hydrogen-bond donors (Lipinski definition) is 0. The molecule has 18 heavy (non-hydrogen) atoms. The molecule has 0 amide bonds. The van der Waals surface area contributed by atoms with E-state index in [0.29, 0.717) is 0 Å². The molecule has 0 aliphatic heterocycles. The number of benzene rings is 1. The van der Waals surface area contributed by atoms with Crippen LogP contribution < -0.4 is 4.35 Å². The molecule has 0 bridgehead atoms. The molecule has 0 spiro atoms. The van der Waals surface area contributed by atoms with Gasteiger partial charge >= 0.3 is 121 Å². The molecular weight excluding hydrogens is 301 g/mol. The van der Waals surface area contributed by atoms with E-state index in [-0.39, 0.29) is 0 Å². The molecule has 0 fully saturated rings. The van der Waals surface area contributed by atoms with E-state index in [2.05, 4.69) is 64.9 Å². The molecule has 1 aromatic rings. The summed E-state index contributed by atoms with van der Waals surface area (Å²) in [5.74, 6) is 1.33. The van der Waals surface area contributed by atoms with Crippen LogP contribution in [0.2, 0.25) is 0 Å². The van der Waals surface area contributed by atoms with E-state index in [1.54, 1.807) is 4.35 Å². The Balaban J connectivity index is 2.63. The summed E-state index contributed by atoms with van der Waals surface area (Å²) in [5.41, 5.74) is 0. The average Bonchev–Trinajstić information content (AvgIpc) is 2.43. The van der Waals surface area contributed by atoms with Crippen LogP contribution in [0.15, 0.2) is 30.3 Å². The zero-order valence-electron chi connectivity index (χ0n) is 11.9. The summed E-state index contributed by atoms with van der Waals surface area (Å²) >= 11 is -1.08. The maximum atomic E-state index is 2.69. The second kappa shape index (κ2) is 9.95. The fourth-order valence-electron chi connectivity index (χ4n) is 1.86. The Morgan fingerprint density at radius 2 is 1.67 bits per heavy atom. The van der Waals surface area contributed by atoms with Crippen molar-refractivity contribution >= 4 is 28.1 Å². The van der Waals surface area contributed by atoms with Gasteiger partial charge in [0.1, 0.15) is 0 Å². The molecule has 1 nitrogen and oxygen atoms in total. The first kappa shape index (κ1) is 16.1. The first-order valence-corrected chi connectivity index (χ1v) is 12.1. The van der Waals surface area contributed by atoms with Crippen LogP contribution in [-0.4, -0.2) is 36.4 Å². The van der Waals surface area contributed by atoms with Gasteiger partial charge in [-0.25, -0.2) is 0 Å². The van der Waals surface area contributed by atoms with Crippen LogP contribution in [0.25, 0.3) is 0 Å². The summed E-state index contributed by atoms with van der Waals surface area (Å²) in [4.78, 5) is 0. The van der Waals surface area contributed by atoms with Gasteiger partial charge in [0.25, 0.3) is 0 Å². The van der Waals surface area contributed by atoms with E-state index in [1.807, 2.05) is 0 Å². The van der Waals surface area contributed by atoms with Crippen molar-refractivity contribution in [1.29, 1.82) is 0 Å². The summed E-state index contributed by atoms with van der Waals surface area (Å²) < 4.78 is 4.29. The SMILES string of the molecule is CCCCCS[As](c1ccccc1)N(CC)CC. The summed E-state index contributed by atoms with van der Waals surface area (Å²) in [6, 6.07) is 11.1. The number of unbranched alkanes of at least 4 members (excludes halogenated alkanes) is 2. The molecule has 0 aliphatic rings. The van der Waals surface area contributed by atoms with Crippen molar-refractivity contribution in [2.45, 2.75) is 40.0 Å². The number of nitrogens with zero attached hydrogens (tertiary/aromatic N) is 1. The predicted molar refractivity (Wildman–Crippen MR) is 86.7 cm³/mol. The number of rotatable bonds is 9. The van der Waals surface area contributed by atoms with Crippen molar-refractivity contribution in [2.24, 2.45) is 0 Å². The van der Waals surface area contributed by atoms with Gasteiger partial charge in [-0.05, 0) is 0 Å². The molecule has 3 heteroatoms. The maximum absolute atomic E-state index is 2.69. The molecule has 0 heterocycles. The molecule has 1 atom stereocenters. The molecule has 102 valence electrons. The Kier molecular flexibility index (Phi) is 8.92. The normalized spacial score (nSPS) is 12.9. The standard InChI is InChI=1S/C15H26AsNS/c1-4-7-11-14-18-16(17(5-2)6-3)15-12-9-8-10-13-15/h8-10,12-13H,4-7,11,14H2,1-3H3. The first-order valence-electron chi connectivity index (χ1n) is 7.06. The van der Waals surface area contributed by atoms with Gasteiger partial charge in [-0.1, -0.05) is 0 Å². The zero-order valence-corrected chi connectivity index (χ0v) is 14.6. The van der Waals surface area contributed by atoms with E-state index in [9.17, 15) is 0 Å². The summed E-state index contributed by atoms with van der Waals surface area (Å²) in [6.07, 6.45) is 4.08. The summed E-state index contributed by atoms with van der Waals surface area (Å²) in [7, 11) is 2.24. The van der Waals surface area contributed by atoms with Crippen LogP contribution in [-0.2, 0) is 0 Å². The third kappa shape index (κ3) is 5.38. The van der Waals surface area contributed by atoms with Crippen LogP contribution >= 0.6 is 10.0 Å². The van der Waals surface area contributed by atoms with Gasteiger partial charge in [-0.2, -0.15) is 0 Å². The third-order valence-electron chi connectivity index (χ3n) is 2.93. The molecule has 1 rings (SSSR count). The van der Waals surface area contributed by atoms with Gasteiger partial charge < -0.3 is 0 Å². The van der Waals surface area contributed by atoms with Crippen LogP contribution in [0.5, 0.6) is 0 Å². The Labute approximate surface area is 121 Å². The molecular formula is C15H26AsNS. The molecule has 1 aromatic carbocycles. The third-order valence-corrected chi connectivity index (χ3v) is 12.4. The van der Waals surface area contributed by atoms with Gasteiger partial charge in [0, 0.05) is 0 Å². The predicted octanol–water partition coefficient (Wildman–Crippen LogP) is 3.65. The zero-order chi connectivity index (χ0) is 13.2. The second-order valence-electron chi connectivity index (χ2n) is 4.29. The fraction of sp³-hybridized carbons (Fsp3) is 0.600. The quantitative estimate of drug-likeness (QED) is 0.503. The van der Waals surface area contributed by atoms with E-state index >= 15 is 0 Å². The summed E-state index contributed by atoms with van der Waals surface area (Å²) in [6.45, 7) is 9.24. The molecule has 0 saturated carbocycles. The minimum atomic E-state index is -1.08.